The highest BCUT2D eigenvalue weighted by molar-refractivity contribution is 7.16. The zero-order valence-corrected chi connectivity index (χ0v) is 19.6. The molecule has 2 amide bonds. The molecular formula is C21H18F6N6O2S. The van der Waals surface area contributed by atoms with Crippen LogP contribution in [0.2, 0.25) is 0 Å². The second kappa shape index (κ2) is 9.19. The number of carbonyl (C=O) groups is 2. The summed E-state index contributed by atoms with van der Waals surface area (Å²) in [7, 11) is 0. The Morgan fingerprint density at radius 1 is 1.06 bits per heavy atom. The number of aryl methyl sites for hydroxylation is 1. The Morgan fingerprint density at radius 2 is 1.67 bits per heavy atom. The zero-order valence-electron chi connectivity index (χ0n) is 18.7. The molecule has 1 atom stereocenters. The fraction of sp³-hybridized carbons (Fsp3) is 0.381. The number of alkyl halides is 6. The lowest BCUT2D eigenvalue weighted by molar-refractivity contribution is -0.143. The summed E-state index contributed by atoms with van der Waals surface area (Å²) in [5.41, 5.74) is -4.02. The van der Waals surface area contributed by atoms with Crippen molar-refractivity contribution in [2.45, 2.75) is 38.7 Å². The van der Waals surface area contributed by atoms with Crippen molar-refractivity contribution in [1.82, 2.24) is 30.0 Å². The molecule has 1 fully saturated rings. The highest BCUT2D eigenvalue weighted by atomic mass is 32.1. The molecule has 1 saturated heterocycles. The maximum absolute atomic E-state index is 13.2. The number of rotatable bonds is 5. The lowest BCUT2D eigenvalue weighted by Crippen LogP contribution is -2.41. The predicted molar refractivity (Wildman–Crippen MR) is 115 cm³/mol. The Bertz CT molecular complexity index is 1280. The molecule has 1 aromatic carbocycles. The zero-order chi connectivity index (χ0) is 26.4. The fourth-order valence-corrected chi connectivity index (χ4v) is 4.26. The molecule has 1 N–H and O–H groups in total. The molecule has 3 heterocycles. The average Bonchev–Trinajstić information content (AvgIpc) is 3.37. The highest BCUT2D eigenvalue weighted by Crippen LogP contribution is 2.36. The number of carbonyl (C=O) groups excluding carboxylic acids is 2. The van der Waals surface area contributed by atoms with Crippen LogP contribution in [0.1, 0.15) is 62.2 Å². The van der Waals surface area contributed by atoms with Crippen LogP contribution in [0.25, 0.3) is 5.13 Å². The van der Waals surface area contributed by atoms with Crippen molar-refractivity contribution in [3.8, 4) is 5.13 Å². The SMILES string of the molecule is Cc1nc([C@H](C)NC(=O)c2cc(C(F)(F)F)cc(C(F)(F)F)c2)n(-c2ncc(C(=O)N3CCC3)s2)n1. The van der Waals surface area contributed by atoms with Crippen LogP contribution in [0.5, 0.6) is 0 Å². The molecule has 192 valence electrons. The van der Waals surface area contributed by atoms with Crippen LogP contribution in [0.3, 0.4) is 0 Å². The minimum absolute atomic E-state index is 0.0539. The number of hydrogen-bond donors (Lipinski definition) is 1. The van der Waals surface area contributed by atoms with Crippen molar-refractivity contribution in [2.24, 2.45) is 0 Å². The number of benzene rings is 1. The second-order valence-corrected chi connectivity index (χ2v) is 9.08. The van der Waals surface area contributed by atoms with Gasteiger partial charge in [-0.25, -0.2) is 9.97 Å². The minimum atomic E-state index is -5.09. The number of nitrogens with one attached hydrogen (secondary N) is 1. The summed E-state index contributed by atoms with van der Waals surface area (Å²) >= 11 is 1.04. The maximum atomic E-state index is 13.2. The summed E-state index contributed by atoms with van der Waals surface area (Å²) in [6.45, 7) is 4.29. The summed E-state index contributed by atoms with van der Waals surface area (Å²) in [5, 5.41) is 6.83. The van der Waals surface area contributed by atoms with Crippen molar-refractivity contribution in [3.05, 3.63) is 57.6 Å². The van der Waals surface area contributed by atoms with Crippen LogP contribution in [0, 0.1) is 6.92 Å². The van der Waals surface area contributed by atoms with Gasteiger partial charge in [-0.2, -0.15) is 31.0 Å². The van der Waals surface area contributed by atoms with Crippen molar-refractivity contribution < 1.29 is 35.9 Å². The fourth-order valence-electron chi connectivity index (χ4n) is 3.42. The molecule has 3 aromatic rings. The summed E-state index contributed by atoms with van der Waals surface area (Å²) in [4.78, 5) is 35.5. The van der Waals surface area contributed by atoms with E-state index in [1.807, 2.05) is 0 Å². The predicted octanol–water partition coefficient (Wildman–Crippen LogP) is 4.41. The van der Waals surface area contributed by atoms with Gasteiger partial charge in [-0.05, 0) is 38.5 Å². The number of amides is 2. The molecule has 0 radical (unpaired) electrons. The maximum Gasteiger partial charge on any atom is 0.416 e. The van der Waals surface area contributed by atoms with Gasteiger partial charge in [-0.15, -0.1) is 5.10 Å². The van der Waals surface area contributed by atoms with Crippen LogP contribution in [-0.4, -0.2) is 49.6 Å². The van der Waals surface area contributed by atoms with Crippen molar-refractivity contribution in [2.75, 3.05) is 13.1 Å². The lowest BCUT2D eigenvalue weighted by Gasteiger charge is -2.30. The minimum Gasteiger partial charge on any atom is -0.342 e. The third kappa shape index (κ3) is 5.20. The first-order valence-electron chi connectivity index (χ1n) is 10.5. The first-order chi connectivity index (χ1) is 16.7. The van der Waals surface area contributed by atoms with Crippen molar-refractivity contribution >= 4 is 23.2 Å². The van der Waals surface area contributed by atoms with Crippen LogP contribution in [0.4, 0.5) is 26.3 Å². The number of thiazole rings is 1. The third-order valence-corrected chi connectivity index (χ3v) is 6.31. The standard InChI is InChI=1S/C21H18F6N6O2S/c1-10(29-17(34)12-6-13(20(22,23)24)8-14(7-12)21(25,26)27)16-30-11(2)31-33(16)19-28-9-15(36-19)18(35)32-4-3-5-32/h6-10H,3-5H2,1-2H3,(H,29,34)/t10-/m0/s1. The molecular weight excluding hydrogens is 514 g/mol. The van der Waals surface area contributed by atoms with Gasteiger partial charge >= 0.3 is 12.4 Å². The van der Waals surface area contributed by atoms with E-state index in [1.165, 1.54) is 17.8 Å². The molecule has 15 heteroatoms. The molecule has 1 aliphatic rings. The van der Waals surface area contributed by atoms with E-state index in [9.17, 15) is 35.9 Å². The third-order valence-electron chi connectivity index (χ3n) is 5.35. The quantitative estimate of drug-likeness (QED) is 0.492. The molecule has 8 nitrogen and oxygen atoms in total. The van der Waals surface area contributed by atoms with Gasteiger partial charge in [0.05, 0.1) is 23.4 Å². The average molecular weight is 532 g/mol. The normalized spacial score (nSPS) is 14.9. The van der Waals surface area contributed by atoms with Crippen molar-refractivity contribution in [1.29, 1.82) is 0 Å². The largest absolute Gasteiger partial charge is 0.416 e. The van der Waals surface area contributed by atoms with Crippen LogP contribution < -0.4 is 5.32 Å². The van der Waals surface area contributed by atoms with Gasteiger partial charge in [0.1, 0.15) is 10.7 Å². The number of halogens is 6. The van der Waals surface area contributed by atoms with E-state index < -0.39 is 41.0 Å². The van der Waals surface area contributed by atoms with E-state index >= 15 is 0 Å². The second-order valence-electron chi connectivity index (χ2n) is 8.07. The molecule has 0 saturated carbocycles. The van der Waals surface area contributed by atoms with Gasteiger partial charge in [0, 0.05) is 18.7 Å². The van der Waals surface area contributed by atoms with E-state index in [0.29, 0.717) is 30.1 Å². The van der Waals surface area contributed by atoms with Gasteiger partial charge < -0.3 is 10.2 Å². The van der Waals surface area contributed by atoms with Gasteiger partial charge in [0.25, 0.3) is 11.8 Å². The van der Waals surface area contributed by atoms with E-state index in [2.05, 4.69) is 20.4 Å². The summed E-state index contributed by atoms with van der Waals surface area (Å²) < 4.78 is 80.2. The van der Waals surface area contributed by atoms with Gasteiger partial charge in [0.2, 0.25) is 5.13 Å². The molecule has 36 heavy (non-hydrogen) atoms. The van der Waals surface area contributed by atoms with E-state index in [0.717, 1.165) is 17.8 Å². The number of nitrogens with zero attached hydrogens (tertiary/aromatic N) is 5. The highest BCUT2D eigenvalue weighted by Gasteiger charge is 2.37. The monoisotopic (exact) mass is 532 g/mol. The molecule has 4 rings (SSSR count). The first-order valence-corrected chi connectivity index (χ1v) is 11.3. The Kier molecular flexibility index (Phi) is 6.53. The molecule has 0 bridgehead atoms. The lowest BCUT2D eigenvalue weighted by atomic mass is 10.0. The van der Waals surface area contributed by atoms with Crippen LogP contribution >= 0.6 is 11.3 Å². The van der Waals surface area contributed by atoms with E-state index in [4.69, 9.17) is 0 Å². The number of likely N-dealkylation sites (tertiary alicyclic amines) is 1. The van der Waals surface area contributed by atoms with Gasteiger partial charge in [-0.1, -0.05) is 11.3 Å². The van der Waals surface area contributed by atoms with Crippen molar-refractivity contribution in [3.63, 3.8) is 0 Å². The van der Waals surface area contributed by atoms with Gasteiger partial charge in [0.15, 0.2) is 5.82 Å². The summed E-state index contributed by atoms with van der Waals surface area (Å²) in [6, 6.07) is -0.341. The van der Waals surface area contributed by atoms with E-state index in [-0.39, 0.29) is 28.8 Å². The topological polar surface area (TPSA) is 93.0 Å². The Labute approximate surface area is 204 Å². The smallest absolute Gasteiger partial charge is 0.342 e. The molecule has 0 spiro atoms. The summed E-state index contributed by atoms with van der Waals surface area (Å²) in [6.07, 6.45) is -7.88. The van der Waals surface area contributed by atoms with Crippen LogP contribution in [-0.2, 0) is 12.4 Å². The first kappa shape index (κ1) is 25.6. The van der Waals surface area contributed by atoms with Gasteiger partial charge in [-0.3, -0.25) is 9.59 Å². The number of aromatic nitrogens is 4. The Morgan fingerprint density at radius 3 is 2.19 bits per heavy atom. The molecule has 1 aliphatic heterocycles. The molecule has 2 aromatic heterocycles. The molecule has 0 aliphatic carbocycles. The molecule has 0 unspecified atom stereocenters. The summed E-state index contributed by atoms with van der Waals surface area (Å²) in [5.74, 6) is -0.953. The Hall–Kier alpha value is -3.49. The van der Waals surface area contributed by atoms with E-state index in [1.54, 1.807) is 11.8 Å². The van der Waals surface area contributed by atoms with Crippen LogP contribution in [0.15, 0.2) is 24.4 Å². The Balaban J connectivity index is 1.60. The number of hydrogen-bond acceptors (Lipinski definition) is 6.